The highest BCUT2D eigenvalue weighted by atomic mass is 35.5. The van der Waals surface area contributed by atoms with Crippen molar-refractivity contribution in [2.45, 2.75) is 11.8 Å². The number of anilines is 2. The summed E-state index contributed by atoms with van der Waals surface area (Å²) < 4.78 is 27.6. The van der Waals surface area contributed by atoms with Crippen molar-refractivity contribution in [2.24, 2.45) is 0 Å². The fourth-order valence-corrected chi connectivity index (χ4v) is 4.09. The van der Waals surface area contributed by atoms with Crippen LogP contribution in [0.5, 0.6) is 0 Å². The minimum absolute atomic E-state index is 0.175. The molecule has 1 saturated heterocycles. The molecule has 0 bridgehead atoms. The maximum atomic E-state index is 12.5. The van der Waals surface area contributed by atoms with E-state index in [1.54, 1.807) is 36.1 Å². The summed E-state index contributed by atoms with van der Waals surface area (Å²) in [6.45, 7) is 4.66. The van der Waals surface area contributed by atoms with Crippen molar-refractivity contribution in [3.8, 4) is 0 Å². The van der Waals surface area contributed by atoms with Crippen molar-refractivity contribution in [2.75, 3.05) is 35.8 Å². The largest absolute Gasteiger partial charge is 0.368 e. The van der Waals surface area contributed by atoms with E-state index in [2.05, 4.69) is 9.62 Å². The predicted octanol–water partition coefficient (Wildman–Crippen LogP) is 2.73. The minimum atomic E-state index is -3.67. The van der Waals surface area contributed by atoms with E-state index in [-0.39, 0.29) is 4.90 Å². The molecular formula is C18H20ClN3O3S. The van der Waals surface area contributed by atoms with Crippen molar-refractivity contribution in [3.63, 3.8) is 0 Å². The van der Waals surface area contributed by atoms with Crippen LogP contribution in [0, 0.1) is 6.92 Å². The van der Waals surface area contributed by atoms with E-state index >= 15 is 0 Å². The average Bonchev–Trinajstić information content (AvgIpc) is 2.64. The van der Waals surface area contributed by atoms with Crippen LogP contribution in [-0.4, -0.2) is 45.9 Å². The van der Waals surface area contributed by atoms with Gasteiger partial charge in [-0.05, 0) is 55.0 Å². The fraction of sp³-hybridized carbons (Fsp3) is 0.278. The van der Waals surface area contributed by atoms with Gasteiger partial charge in [0.15, 0.2) is 0 Å². The van der Waals surface area contributed by atoms with Gasteiger partial charge in [0.25, 0.3) is 10.0 Å². The number of nitrogens with zero attached hydrogens (tertiary/aromatic N) is 2. The Morgan fingerprint density at radius 1 is 1.04 bits per heavy atom. The Morgan fingerprint density at radius 2 is 1.69 bits per heavy atom. The summed E-state index contributed by atoms with van der Waals surface area (Å²) >= 11 is 5.96. The molecule has 0 unspecified atom stereocenters. The summed E-state index contributed by atoms with van der Waals surface area (Å²) in [5, 5.41) is 0.531. The second-order valence-corrected chi connectivity index (χ2v) is 8.28. The molecule has 0 atom stereocenters. The highest BCUT2D eigenvalue weighted by Crippen LogP contribution is 2.24. The lowest BCUT2D eigenvalue weighted by atomic mass is 10.2. The molecule has 3 rings (SSSR count). The van der Waals surface area contributed by atoms with Gasteiger partial charge in [-0.3, -0.25) is 9.52 Å². The number of hydrogen-bond acceptors (Lipinski definition) is 4. The number of piperazine rings is 1. The molecule has 2 aromatic carbocycles. The van der Waals surface area contributed by atoms with Gasteiger partial charge in [0.05, 0.1) is 4.90 Å². The molecule has 1 fully saturated rings. The monoisotopic (exact) mass is 393 g/mol. The Hall–Kier alpha value is -2.25. The normalized spacial score (nSPS) is 15.0. The van der Waals surface area contributed by atoms with E-state index in [0.29, 0.717) is 29.4 Å². The number of carbonyl (C=O) groups is 1. The average molecular weight is 394 g/mol. The lowest BCUT2D eigenvalue weighted by molar-refractivity contribution is -0.118. The van der Waals surface area contributed by atoms with Gasteiger partial charge >= 0.3 is 0 Å². The molecule has 1 heterocycles. The van der Waals surface area contributed by atoms with E-state index in [1.165, 1.54) is 6.07 Å². The van der Waals surface area contributed by atoms with Crippen LogP contribution in [0.15, 0.2) is 47.4 Å². The molecule has 1 aliphatic rings. The number of rotatable bonds is 5. The first kappa shape index (κ1) is 18.5. The van der Waals surface area contributed by atoms with Crippen LogP contribution in [0.2, 0.25) is 5.02 Å². The topological polar surface area (TPSA) is 69.7 Å². The zero-order valence-corrected chi connectivity index (χ0v) is 15.9. The van der Waals surface area contributed by atoms with Gasteiger partial charge in [-0.2, -0.15) is 0 Å². The zero-order chi connectivity index (χ0) is 18.7. The van der Waals surface area contributed by atoms with Crippen molar-refractivity contribution >= 4 is 39.4 Å². The summed E-state index contributed by atoms with van der Waals surface area (Å²) in [5.74, 6) is 0. The first-order valence-corrected chi connectivity index (χ1v) is 10.1. The molecule has 26 heavy (non-hydrogen) atoms. The zero-order valence-electron chi connectivity index (χ0n) is 14.4. The molecule has 0 saturated carbocycles. The fourth-order valence-electron chi connectivity index (χ4n) is 2.82. The minimum Gasteiger partial charge on any atom is -0.368 e. The smallest absolute Gasteiger partial charge is 0.261 e. The molecule has 6 nitrogen and oxygen atoms in total. The van der Waals surface area contributed by atoms with Gasteiger partial charge in [-0.1, -0.05) is 11.6 Å². The highest BCUT2D eigenvalue weighted by molar-refractivity contribution is 7.92. The Balaban J connectivity index is 1.70. The number of hydrogen-bond donors (Lipinski definition) is 1. The summed E-state index contributed by atoms with van der Waals surface area (Å²) in [7, 11) is -3.67. The second-order valence-electron chi connectivity index (χ2n) is 6.19. The molecule has 1 aliphatic heterocycles. The molecule has 1 N–H and O–H groups in total. The van der Waals surface area contributed by atoms with Crippen molar-refractivity contribution < 1.29 is 13.2 Å². The van der Waals surface area contributed by atoms with Crippen LogP contribution in [0.3, 0.4) is 0 Å². The summed E-state index contributed by atoms with van der Waals surface area (Å²) in [6, 6.07) is 11.8. The van der Waals surface area contributed by atoms with Crippen LogP contribution < -0.4 is 9.62 Å². The van der Waals surface area contributed by atoms with Crippen molar-refractivity contribution in [3.05, 3.63) is 53.1 Å². The number of sulfonamides is 1. The number of aryl methyl sites for hydroxylation is 1. The van der Waals surface area contributed by atoms with Crippen LogP contribution in [0.4, 0.5) is 11.4 Å². The second kappa shape index (κ2) is 7.55. The quantitative estimate of drug-likeness (QED) is 0.793. The maximum absolute atomic E-state index is 12.5. The van der Waals surface area contributed by atoms with Crippen LogP contribution in [0.25, 0.3) is 0 Å². The van der Waals surface area contributed by atoms with Gasteiger partial charge in [-0.15, -0.1) is 0 Å². The van der Waals surface area contributed by atoms with Gasteiger partial charge < -0.3 is 9.80 Å². The first-order valence-electron chi connectivity index (χ1n) is 8.22. The molecule has 0 radical (unpaired) electrons. The van der Waals surface area contributed by atoms with E-state index in [9.17, 15) is 13.2 Å². The van der Waals surface area contributed by atoms with E-state index in [4.69, 9.17) is 11.6 Å². The Labute approximate surface area is 158 Å². The molecule has 8 heteroatoms. The number of amides is 1. The molecule has 138 valence electrons. The Bertz CT molecular complexity index is 892. The third-order valence-electron chi connectivity index (χ3n) is 4.39. The molecular weight excluding hydrogens is 374 g/mol. The third kappa shape index (κ3) is 4.11. The van der Waals surface area contributed by atoms with Crippen LogP contribution in [0.1, 0.15) is 5.56 Å². The molecule has 0 spiro atoms. The SMILES string of the molecule is Cc1cc(S(=O)(=O)Nc2ccc(N3CCN(C=O)CC3)cc2)ccc1Cl. The first-order chi connectivity index (χ1) is 12.4. The van der Waals surface area contributed by atoms with Gasteiger partial charge in [-0.25, -0.2) is 8.42 Å². The van der Waals surface area contributed by atoms with Crippen molar-refractivity contribution in [1.29, 1.82) is 0 Å². The lowest BCUT2D eigenvalue weighted by Gasteiger charge is -2.34. The van der Waals surface area contributed by atoms with Crippen LogP contribution in [-0.2, 0) is 14.8 Å². The highest BCUT2D eigenvalue weighted by Gasteiger charge is 2.17. The van der Waals surface area contributed by atoms with E-state index in [0.717, 1.165) is 25.2 Å². The van der Waals surface area contributed by atoms with Crippen molar-refractivity contribution in [1.82, 2.24) is 4.90 Å². The molecule has 1 amide bonds. The number of benzene rings is 2. The van der Waals surface area contributed by atoms with Gasteiger partial charge in [0, 0.05) is 42.6 Å². The Morgan fingerprint density at radius 3 is 2.27 bits per heavy atom. The summed E-state index contributed by atoms with van der Waals surface area (Å²) in [6.07, 6.45) is 0.869. The third-order valence-corrected chi connectivity index (χ3v) is 6.19. The molecule has 2 aromatic rings. The van der Waals surface area contributed by atoms with E-state index in [1.807, 2.05) is 12.1 Å². The molecule has 0 aliphatic carbocycles. The van der Waals surface area contributed by atoms with Gasteiger partial charge in [0.2, 0.25) is 6.41 Å². The van der Waals surface area contributed by atoms with Crippen LogP contribution >= 0.6 is 11.6 Å². The van der Waals surface area contributed by atoms with Gasteiger partial charge in [0.1, 0.15) is 0 Å². The summed E-state index contributed by atoms with van der Waals surface area (Å²) in [4.78, 5) is 14.9. The number of halogens is 1. The number of nitrogens with one attached hydrogen (secondary N) is 1. The van der Waals surface area contributed by atoms with E-state index < -0.39 is 10.0 Å². The number of carbonyl (C=O) groups excluding carboxylic acids is 1. The molecule has 0 aromatic heterocycles. The Kier molecular flexibility index (Phi) is 5.38. The standard InChI is InChI=1S/C18H20ClN3O3S/c1-14-12-17(6-7-18(14)19)26(24,25)20-15-2-4-16(5-3-15)22-10-8-21(13-23)9-11-22/h2-7,12-13,20H,8-11H2,1H3. The summed E-state index contributed by atoms with van der Waals surface area (Å²) in [5.41, 5.74) is 2.20. The maximum Gasteiger partial charge on any atom is 0.261 e. The lowest BCUT2D eigenvalue weighted by Crippen LogP contribution is -2.45. The predicted molar refractivity (Wildman–Crippen MR) is 103 cm³/mol.